The minimum atomic E-state index is -0.0618. The van der Waals surface area contributed by atoms with E-state index in [1.165, 1.54) is 12.8 Å². The van der Waals surface area contributed by atoms with Crippen LogP contribution >= 0.6 is 11.6 Å². The van der Waals surface area contributed by atoms with Gasteiger partial charge in [-0.25, -0.2) is 0 Å². The zero-order chi connectivity index (χ0) is 17.5. The molecule has 25 heavy (non-hydrogen) atoms. The number of halogens is 1. The number of hydrogen-bond donors (Lipinski definition) is 2. The molecule has 0 saturated heterocycles. The fourth-order valence-corrected chi connectivity index (χ4v) is 4.18. The molecule has 4 saturated carbocycles. The second-order valence-corrected chi connectivity index (χ2v) is 8.54. The molecule has 0 atom stereocenters. The largest absolute Gasteiger partial charge is 0.484 e. The normalized spacial score (nSPS) is 30.8. The molecule has 4 aliphatic rings. The van der Waals surface area contributed by atoms with E-state index in [1.54, 1.807) is 24.3 Å². The summed E-state index contributed by atoms with van der Waals surface area (Å²) in [6.45, 7) is 3.87. The van der Waals surface area contributed by atoms with E-state index in [2.05, 4.69) is 17.6 Å². The maximum atomic E-state index is 12.1. The van der Waals surface area contributed by atoms with Crippen LogP contribution in [0, 0.1) is 0 Å². The summed E-state index contributed by atoms with van der Waals surface area (Å²) in [5.74, 6) is 0.591. The predicted octanol–water partition coefficient (Wildman–Crippen LogP) is 2.67. The number of benzene rings is 1. The van der Waals surface area contributed by atoms with Crippen LogP contribution in [-0.4, -0.2) is 42.3 Å². The highest BCUT2D eigenvalue weighted by molar-refractivity contribution is 6.30. The monoisotopic (exact) mass is 364 g/mol. The number of hydrogen-bond acceptors (Lipinski definition) is 4. The van der Waals surface area contributed by atoms with Crippen molar-refractivity contribution in [2.45, 2.75) is 55.7 Å². The second kappa shape index (κ2) is 6.15. The highest BCUT2D eigenvalue weighted by Gasteiger charge is 2.68. The summed E-state index contributed by atoms with van der Waals surface area (Å²) < 4.78 is 11.3. The van der Waals surface area contributed by atoms with Crippen LogP contribution in [0.25, 0.3) is 0 Å². The molecule has 0 radical (unpaired) electrons. The van der Waals surface area contributed by atoms with Crippen LogP contribution in [0.5, 0.6) is 5.75 Å². The summed E-state index contributed by atoms with van der Waals surface area (Å²) in [6.07, 6.45) is 5.38. The Labute approximate surface area is 153 Å². The van der Waals surface area contributed by atoms with Crippen LogP contribution in [0.15, 0.2) is 24.3 Å². The third-order valence-electron chi connectivity index (χ3n) is 5.63. The summed E-state index contributed by atoms with van der Waals surface area (Å²) in [5, 5.41) is 7.38. The van der Waals surface area contributed by atoms with Crippen LogP contribution in [0.2, 0.25) is 5.02 Å². The molecule has 2 bridgehead atoms. The Morgan fingerprint density at radius 2 is 1.84 bits per heavy atom. The van der Waals surface area contributed by atoms with E-state index in [9.17, 15) is 4.79 Å². The van der Waals surface area contributed by atoms with Gasteiger partial charge in [-0.2, -0.15) is 0 Å². The molecular formula is C19H25ClN2O3. The predicted molar refractivity (Wildman–Crippen MR) is 96.0 cm³/mol. The molecule has 1 aromatic rings. The summed E-state index contributed by atoms with van der Waals surface area (Å²) in [7, 11) is 0. The number of nitrogens with one attached hydrogen (secondary N) is 2. The van der Waals surface area contributed by atoms with Crippen molar-refractivity contribution in [1.82, 2.24) is 10.6 Å². The van der Waals surface area contributed by atoms with Gasteiger partial charge in [0.05, 0.1) is 12.2 Å². The minimum absolute atomic E-state index is 0.0171. The van der Waals surface area contributed by atoms with Crippen molar-refractivity contribution in [3.8, 4) is 5.75 Å². The van der Waals surface area contributed by atoms with Gasteiger partial charge >= 0.3 is 0 Å². The Morgan fingerprint density at radius 1 is 1.16 bits per heavy atom. The zero-order valence-electron chi connectivity index (χ0n) is 14.6. The lowest BCUT2D eigenvalue weighted by molar-refractivity contribution is -0.144. The Balaban J connectivity index is 1.12. The molecule has 4 fully saturated rings. The van der Waals surface area contributed by atoms with Gasteiger partial charge < -0.3 is 20.1 Å². The van der Waals surface area contributed by atoms with Gasteiger partial charge in [0.25, 0.3) is 5.91 Å². The van der Waals surface area contributed by atoms with Crippen molar-refractivity contribution in [1.29, 1.82) is 0 Å². The lowest BCUT2D eigenvalue weighted by Gasteiger charge is -2.70. The summed E-state index contributed by atoms with van der Waals surface area (Å²) in [4.78, 5) is 12.1. The Kier molecular flexibility index (Phi) is 4.21. The average Bonchev–Trinajstić information content (AvgIpc) is 3.24. The molecule has 1 amide bonds. The Morgan fingerprint density at radius 3 is 2.48 bits per heavy atom. The molecule has 5 rings (SSSR count). The number of carbonyl (C=O) groups is 1. The van der Waals surface area contributed by atoms with E-state index in [0.29, 0.717) is 10.8 Å². The first-order chi connectivity index (χ1) is 11.9. The molecule has 0 aromatic heterocycles. The molecule has 136 valence electrons. The second-order valence-electron chi connectivity index (χ2n) is 8.11. The van der Waals surface area contributed by atoms with Crippen molar-refractivity contribution >= 4 is 17.5 Å². The molecule has 5 nitrogen and oxygen atoms in total. The molecule has 0 spiro atoms. The lowest BCUT2D eigenvalue weighted by Crippen LogP contribution is -2.83. The number of amides is 1. The number of carbonyl (C=O) groups excluding carboxylic acids is 1. The van der Waals surface area contributed by atoms with Gasteiger partial charge in [-0.3, -0.25) is 4.79 Å². The topological polar surface area (TPSA) is 59.6 Å². The standard InChI is InChI=1S/C19H25ClN2O3/c1-17(6-7-17)25-9-8-21-18-11-19(12-18,13-18)22-16(23)10-24-15-4-2-14(20)3-5-15/h2-5,21H,6-13H2,1H3,(H,22,23). The van der Waals surface area contributed by atoms with Gasteiger partial charge in [0, 0.05) is 22.6 Å². The van der Waals surface area contributed by atoms with Crippen molar-refractivity contribution in [2.24, 2.45) is 0 Å². The SMILES string of the molecule is CC1(OCCNC23CC(NC(=O)COc4ccc(Cl)cc4)(C2)C3)CC1. The summed E-state index contributed by atoms with van der Waals surface area (Å²) >= 11 is 5.83. The van der Waals surface area contributed by atoms with Gasteiger partial charge in [-0.15, -0.1) is 0 Å². The minimum Gasteiger partial charge on any atom is -0.484 e. The van der Waals surface area contributed by atoms with Crippen LogP contribution in [0.1, 0.15) is 39.0 Å². The van der Waals surface area contributed by atoms with Gasteiger partial charge in [-0.05, 0) is 63.3 Å². The summed E-state index contributed by atoms with van der Waals surface area (Å²) in [6, 6.07) is 7.02. The fourth-order valence-electron chi connectivity index (χ4n) is 4.05. The van der Waals surface area contributed by atoms with Crippen LogP contribution in [0.4, 0.5) is 0 Å². The zero-order valence-corrected chi connectivity index (χ0v) is 15.3. The smallest absolute Gasteiger partial charge is 0.258 e. The van der Waals surface area contributed by atoms with Crippen LogP contribution in [0.3, 0.4) is 0 Å². The van der Waals surface area contributed by atoms with E-state index in [1.807, 2.05) is 0 Å². The maximum Gasteiger partial charge on any atom is 0.258 e. The third kappa shape index (κ3) is 3.78. The molecule has 0 unspecified atom stereocenters. The van der Waals surface area contributed by atoms with Gasteiger partial charge in [0.2, 0.25) is 0 Å². The molecule has 0 heterocycles. The van der Waals surface area contributed by atoms with E-state index in [4.69, 9.17) is 21.1 Å². The van der Waals surface area contributed by atoms with E-state index < -0.39 is 0 Å². The Hall–Kier alpha value is -1.30. The number of ether oxygens (including phenoxy) is 2. The van der Waals surface area contributed by atoms with E-state index in [-0.39, 0.29) is 29.2 Å². The van der Waals surface area contributed by atoms with Gasteiger partial charge in [0.15, 0.2) is 6.61 Å². The van der Waals surface area contributed by atoms with Crippen molar-refractivity contribution < 1.29 is 14.3 Å². The molecule has 6 heteroatoms. The first-order valence-corrected chi connectivity index (χ1v) is 9.36. The third-order valence-corrected chi connectivity index (χ3v) is 5.88. The Bertz CT molecular complexity index is 637. The molecular weight excluding hydrogens is 340 g/mol. The van der Waals surface area contributed by atoms with Gasteiger partial charge in [-0.1, -0.05) is 11.6 Å². The van der Waals surface area contributed by atoms with E-state index >= 15 is 0 Å². The average molecular weight is 365 g/mol. The van der Waals surface area contributed by atoms with Crippen molar-refractivity contribution in [3.63, 3.8) is 0 Å². The van der Waals surface area contributed by atoms with Gasteiger partial charge in [0.1, 0.15) is 5.75 Å². The first-order valence-electron chi connectivity index (χ1n) is 8.99. The first kappa shape index (κ1) is 17.1. The molecule has 0 aliphatic heterocycles. The highest BCUT2D eigenvalue weighted by atomic mass is 35.5. The van der Waals surface area contributed by atoms with Crippen molar-refractivity contribution in [2.75, 3.05) is 19.8 Å². The number of rotatable bonds is 9. The summed E-state index contributed by atoms with van der Waals surface area (Å²) in [5.41, 5.74) is 0.356. The molecule has 1 aromatic carbocycles. The fraction of sp³-hybridized carbons (Fsp3) is 0.632. The van der Waals surface area contributed by atoms with Crippen LogP contribution in [-0.2, 0) is 9.53 Å². The molecule has 4 aliphatic carbocycles. The van der Waals surface area contributed by atoms with Crippen molar-refractivity contribution in [3.05, 3.63) is 29.3 Å². The quantitative estimate of drug-likeness (QED) is 0.661. The molecule has 2 N–H and O–H groups in total. The van der Waals surface area contributed by atoms with E-state index in [0.717, 1.165) is 32.4 Å². The maximum absolute atomic E-state index is 12.1. The lowest BCUT2D eigenvalue weighted by atomic mass is 9.44. The highest BCUT2D eigenvalue weighted by Crippen LogP contribution is 2.60. The van der Waals surface area contributed by atoms with Crippen LogP contribution < -0.4 is 15.4 Å².